The van der Waals surface area contributed by atoms with E-state index in [9.17, 15) is 0 Å². The van der Waals surface area contributed by atoms with Gasteiger partial charge in [0.05, 0.1) is 12.2 Å². The molecule has 1 aromatic heterocycles. The van der Waals surface area contributed by atoms with Crippen LogP contribution in [0.4, 0.5) is 5.82 Å². The van der Waals surface area contributed by atoms with Crippen LogP contribution in [-0.4, -0.2) is 11.9 Å². The lowest BCUT2D eigenvalue weighted by atomic mass is 10.1. The number of fused-ring (bicyclic) bond motifs is 1. The number of aromatic nitrogens is 1. The minimum absolute atomic E-state index is 0.214. The lowest BCUT2D eigenvalue weighted by Gasteiger charge is -2.19. The van der Waals surface area contributed by atoms with E-state index < -0.39 is 0 Å². The van der Waals surface area contributed by atoms with Gasteiger partial charge in [-0.2, -0.15) is 0 Å². The lowest BCUT2D eigenvalue weighted by Crippen LogP contribution is -2.12. The van der Waals surface area contributed by atoms with Gasteiger partial charge >= 0.3 is 0 Å². The molecular formula is C11H9ClN2O3. The van der Waals surface area contributed by atoms with Gasteiger partial charge in [0.1, 0.15) is 5.75 Å². The maximum absolute atomic E-state index is 6.03. The molecule has 0 saturated heterocycles. The van der Waals surface area contributed by atoms with E-state index in [1.807, 2.05) is 0 Å². The van der Waals surface area contributed by atoms with Gasteiger partial charge in [-0.05, 0) is 12.1 Å². The Kier molecular flexibility index (Phi) is 2.42. The van der Waals surface area contributed by atoms with Crippen LogP contribution in [0.1, 0.15) is 5.56 Å². The number of nitrogens with zero attached hydrogens (tertiary/aromatic N) is 1. The number of ether oxygens (including phenoxy) is 2. The fourth-order valence-corrected chi connectivity index (χ4v) is 2.02. The van der Waals surface area contributed by atoms with E-state index >= 15 is 0 Å². The largest absolute Gasteiger partial charge is 0.466 e. The van der Waals surface area contributed by atoms with E-state index in [-0.39, 0.29) is 6.79 Å². The molecule has 0 fully saturated rings. The average molecular weight is 253 g/mol. The lowest BCUT2D eigenvalue weighted by molar-refractivity contribution is -0.0160. The summed E-state index contributed by atoms with van der Waals surface area (Å²) in [6.07, 6.45) is 0. The molecule has 17 heavy (non-hydrogen) atoms. The van der Waals surface area contributed by atoms with E-state index in [2.05, 4.69) is 5.16 Å². The topological polar surface area (TPSA) is 70.5 Å². The minimum Gasteiger partial charge on any atom is -0.466 e. The molecule has 0 aliphatic carbocycles. The molecule has 0 spiro atoms. The zero-order valence-electron chi connectivity index (χ0n) is 8.77. The molecule has 0 atom stereocenters. The van der Waals surface area contributed by atoms with Crippen LogP contribution in [0.3, 0.4) is 0 Å². The van der Waals surface area contributed by atoms with E-state index in [1.165, 1.54) is 0 Å². The standard InChI is InChI=1S/C11H9ClN2O3/c12-7-1-6-4-15-5-16-11(6)8(2-7)9-3-10(13)14-17-9/h1-3H,4-5H2,(H2,13,14). The van der Waals surface area contributed by atoms with Crippen molar-refractivity contribution in [2.24, 2.45) is 0 Å². The highest BCUT2D eigenvalue weighted by Gasteiger charge is 2.20. The third-order valence-corrected chi connectivity index (χ3v) is 2.69. The molecule has 5 nitrogen and oxygen atoms in total. The van der Waals surface area contributed by atoms with Gasteiger partial charge in [0.15, 0.2) is 18.4 Å². The van der Waals surface area contributed by atoms with Gasteiger partial charge in [-0.1, -0.05) is 16.8 Å². The molecule has 6 heteroatoms. The van der Waals surface area contributed by atoms with Crippen molar-refractivity contribution in [3.8, 4) is 17.1 Å². The molecule has 0 radical (unpaired) electrons. The summed E-state index contributed by atoms with van der Waals surface area (Å²) in [5.41, 5.74) is 7.15. The first kappa shape index (κ1) is 10.4. The highest BCUT2D eigenvalue weighted by Crippen LogP contribution is 2.38. The number of halogens is 1. The summed E-state index contributed by atoms with van der Waals surface area (Å²) in [7, 11) is 0. The van der Waals surface area contributed by atoms with Crippen molar-refractivity contribution in [2.45, 2.75) is 6.61 Å². The quantitative estimate of drug-likeness (QED) is 0.844. The van der Waals surface area contributed by atoms with Crippen LogP contribution in [0.25, 0.3) is 11.3 Å². The van der Waals surface area contributed by atoms with E-state index in [4.69, 9.17) is 31.3 Å². The summed E-state index contributed by atoms with van der Waals surface area (Å²) in [5, 5.41) is 4.23. The first-order valence-corrected chi connectivity index (χ1v) is 5.37. The molecule has 0 saturated carbocycles. The van der Waals surface area contributed by atoms with Crippen LogP contribution in [0.2, 0.25) is 5.02 Å². The Morgan fingerprint density at radius 3 is 2.94 bits per heavy atom. The second-order valence-corrected chi connectivity index (χ2v) is 4.10. The third kappa shape index (κ3) is 1.83. The molecule has 2 heterocycles. The van der Waals surface area contributed by atoms with Gasteiger partial charge in [-0.25, -0.2) is 0 Å². The van der Waals surface area contributed by atoms with Crippen molar-refractivity contribution in [2.75, 3.05) is 12.5 Å². The maximum Gasteiger partial charge on any atom is 0.189 e. The van der Waals surface area contributed by atoms with Crippen molar-refractivity contribution in [3.63, 3.8) is 0 Å². The zero-order valence-corrected chi connectivity index (χ0v) is 9.53. The maximum atomic E-state index is 6.03. The van der Waals surface area contributed by atoms with Gasteiger partial charge in [0.2, 0.25) is 0 Å². The Balaban J connectivity index is 2.18. The molecule has 1 aliphatic rings. The Morgan fingerprint density at radius 1 is 1.29 bits per heavy atom. The van der Waals surface area contributed by atoms with Crippen LogP contribution in [0.15, 0.2) is 22.7 Å². The minimum atomic E-state index is 0.214. The summed E-state index contributed by atoms with van der Waals surface area (Å²) >= 11 is 6.03. The molecule has 0 amide bonds. The summed E-state index contributed by atoms with van der Waals surface area (Å²) in [4.78, 5) is 0. The van der Waals surface area contributed by atoms with Gasteiger partial charge in [0, 0.05) is 16.7 Å². The average Bonchev–Trinajstić information content (AvgIpc) is 2.74. The van der Waals surface area contributed by atoms with E-state index in [0.717, 1.165) is 11.1 Å². The van der Waals surface area contributed by atoms with Gasteiger partial charge in [-0.15, -0.1) is 0 Å². The van der Waals surface area contributed by atoms with Gasteiger partial charge in [0.25, 0.3) is 0 Å². The number of rotatable bonds is 1. The number of benzene rings is 1. The van der Waals surface area contributed by atoms with Crippen molar-refractivity contribution in [3.05, 3.63) is 28.8 Å². The SMILES string of the molecule is Nc1cc(-c2cc(Cl)cc3c2OCOC3)on1. The fraction of sp³-hybridized carbons (Fsp3) is 0.182. The molecular weight excluding hydrogens is 244 g/mol. The van der Waals surface area contributed by atoms with Crippen molar-refractivity contribution >= 4 is 17.4 Å². The number of anilines is 1. The second-order valence-electron chi connectivity index (χ2n) is 3.67. The Hall–Kier alpha value is -1.72. The Bertz CT molecular complexity index is 568. The fourth-order valence-electron chi connectivity index (χ4n) is 1.78. The van der Waals surface area contributed by atoms with Crippen LogP contribution in [0.5, 0.6) is 5.75 Å². The predicted octanol–water partition coefficient (Wildman–Crippen LogP) is 2.44. The summed E-state index contributed by atoms with van der Waals surface area (Å²) in [6.45, 7) is 0.678. The van der Waals surface area contributed by atoms with Crippen molar-refractivity contribution < 1.29 is 14.0 Å². The molecule has 1 aliphatic heterocycles. The number of nitrogen functional groups attached to an aromatic ring is 1. The number of nitrogens with two attached hydrogens (primary N) is 1. The first-order chi connectivity index (χ1) is 8.24. The van der Waals surface area contributed by atoms with Crippen LogP contribution >= 0.6 is 11.6 Å². The Labute approximate surface area is 102 Å². The monoisotopic (exact) mass is 252 g/mol. The van der Waals surface area contributed by atoms with Crippen LogP contribution < -0.4 is 10.5 Å². The van der Waals surface area contributed by atoms with Crippen molar-refractivity contribution in [1.82, 2.24) is 5.16 Å². The smallest absolute Gasteiger partial charge is 0.189 e. The normalized spacial score (nSPS) is 14.2. The van der Waals surface area contributed by atoms with Gasteiger partial charge in [-0.3, -0.25) is 0 Å². The number of hydrogen-bond donors (Lipinski definition) is 1. The molecule has 3 rings (SSSR count). The van der Waals surface area contributed by atoms with E-state index in [0.29, 0.717) is 29.0 Å². The predicted molar refractivity (Wildman–Crippen MR) is 61.6 cm³/mol. The van der Waals surface area contributed by atoms with Crippen LogP contribution in [-0.2, 0) is 11.3 Å². The van der Waals surface area contributed by atoms with Crippen LogP contribution in [0, 0.1) is 0 Å². The molecule has 88 valence electrons. The molecule has 1 aromatic carbocycles. The second kappa shape index (κ2) is 3.94. The van der Waals surface area contributed by atoms with Gasteiger partial charge < -0.3 is 19.7 Å². The molecule has 2 aromatic rings. The molecule has 0 unspecified atom stereocenters. The molecule has 2 N–H and O–H groups in total. The highest BCUT2D eigenvalue weighted by molar-refractivity contribution is 6.31. The summed E-state index contributed by atoms with van der Waals surface area (Å²) in [6, 6.07) is 5.19. The highest BCUT2D eigenvalue weighted by atomic mass is 35.5. The van der Waals surface area contributed by atoms with Crippen molar-refractivity contribution in [1.29, 1.82) is 0 Å². The number of hydrogen-bond acceptors (Lipinski definition) is 5. The summed E-state index contributed by atoms with van der Waals surface area (Å²) < 4.78 is 15.8. The summed E-state index contributed by atoms with van der Waals surface area (Å²) in [5.74, 6) is 1.56. The zero-order chi connectivity index (χ0) is 11.8. The third-order valence-electron chi connectivity index (χ3n) is 2.47. The van der Waals surface area contributed by atoms with E-state index in [1.54, 1.807) is 18.2 Å². The Morgan fingerprint density at radius 2 is 2.18 bits per heavy atom. The first-order valence-electron chi connectivity index (χ1n) is 4.99. The molecule has 0 bridgehead atoms.